The lowest BCUT2D eigenvalue weighted by atomic mass is 9.90. The van der Waals surface area contributed by atoms with Crippen molar-refractivity contribution in [1.82, 2.24) is 0 Å². The van der Waals surface area contributed by atoms with Gasteiger partial charge in [0.05, 0.1) is 13.0 Å². The van der Waals surface area contributed by atoms with Gasteiger partial charge in [0.15, 0.2) is 0 Å². The second-order valence-corrected chi connectivity index (χ2v) is 3.94. The quantitative estimate of drug-likeness (QED) is 0.692. The average Bonchev–Trinajstić information content (AvgIpc) is 2.30. The number of carbonyl (C=O) groups is 1. The molecule has 0 unspecified atom stereocenters. The molecule has 1 aromatic rings. The highest BCUT2D eigenvalue weighted by molar-refractivity contribution is 6.02. The average molecular weight is 205 g/mol. The van der Waals surface area contributed by atoms with Crippen molar-refractivity contribution in [3.05, 3.63) is 24.3 Å². The van der Waals surface area contributed by atoms with Crippen molar-refractivity contribution >= 4 is 11.6 Å². The molecule has 0 saturated carbocycles. The van der Waals surface area contributed by atoms with Crippen molar-refractivity contribution in [3.63, 3.8) is 0 Å². The van der Waals surface area contributed by atoms with E-state index in [0.717, 1.165) is 11.4 Å². The summed E-state index contributed by atoms with van der Waals surface area (Å²) in [5, 5.41) is 0. The highest BCUT2D eigenvalue weighted by Crippen LogP contribution is 2.32. The molecule has 2 rings (SSSR count). The second kappa shape index (κ2) is 3.57. The largest absolute Gasteiger partial charge is 0.497 e. The molecule has 2 atom stereocenters. The fourth-order valence-corrected chi connectivity index (χ4v) is 1.87. The Labute approximate surface area is 89.7 Å². The lowest BCUT2D eigenvalue weighted by molar-refractivity contribution is -0.128. The van der Waals surface area contributed by atoms with Gasteiger partial charge >= 0.3 is 0 Å². The van der Waals surface area contributed by atoms with Crippen LogP contribution in [0.3, 0.4) is 0 Å². The monoisotopic (exact) mass is 205 g/mol. The molecule has 15 heavy (non-hydrogen) atoms. The normalized spacial score (nSPS) is 25.0. The van der Waals surface area contributed by atoms with Gasteiger partial charge in [-0.2, -0.15) is 0 Å². The summed E-state index contributed by atoms with van der Waals surface area (Å²) in [7, 11) is 1.63. The number of carbonyl (C=O) groups excluding carboxylic acids is 1. The molecule has 0 radical (unpaired) electrons. The van der Waals surface area contributed by atoms with E-state index in [1.54, 1.807) is 7.11 Å². The Morgan fingerprint density at radius 1 is 1.20 bits per heavy atom. The van der Waals surface area contributed by atoms with E-state index in [9.17, 15) is 4.79 Å². The number of hydrogen-bond donors (Lipinski definition) is 0. The Hall–Kier alpha value is -1.51. The van der Waals surface area contributed by atoms with Gasteiger partial charge in [0, 0.05) is 11.7 Å². The standard InChI is InChI=1S/C12H15NO2/c1-8-9(2)13(12(8)14)10-4-6-11(15-3)7-5-10/h4-9H,1-3H3/t8-,9-/m1/s1. The van der Waals surface area contributed by atoms with Gasteiger partial charge in [-0.1, -0.05) is 6.92 Å². The van der Waals surface area contributed by atoms with Crippen LogP contribution in [0.1, 0.15) is 13.8 Å². The summed E-state index contributed by atoms with van der Waals surface area (Å²) in [6.45, 7) is 4.03. The summed E-state index contributed by atoms with van der Waals surface area (Å²) in [4.78, 5) is 13.4. The summed E-state index contributed by atoms with van der Waals surface area (Å²) in [6.07, 6.45) is 0. The van der Waals surface area contributed by atoms with Crippen LogP contribution in [0.4, 0.5) is 5.69 Å². The Balaban J connectivity index is 2.20. The summed E-state index contributed by atoms with van der Waals surface area (Å²) < 4.78 is 5.07. The highest BCUT2D eigenvalue weighted by Gasteiger charge is 2.41. The van der Waals surface area contributed by atoms with E-state index in [1.807, 2.05) is 36.1 Å². The highest BCUT2D eigenvalue weighted by atomic mass is 16.5. The number of nitrogens with zero attached hydrogens (tertiary/aromatic N) is 1. The molecule has 0 bridgehead atoms. The number of hydrogen-bond acceptors (Lipinski definition) is 2. The molecular formula is C12H15NO2. The Bertz CT molecular complexity index is 372. The van der Waals surface area contributed by atoms with E-state index in [1.165, 1.54) is 0 Å². The zero-order chi connectivity index (χ0) is 11.0. The van der Waals surface area contributed by atoms with Crippen LogP contribution in [0.5, 0.6) is 5.75 Å². The smallest absolute Gasteiger partial charge is 0.232 e. The minimum Gasteiger partial charge on any atom is -0.497 e. The molecule has 0 aliphatic carbocycles. The third-order valence-corrected chi connectivity index (χ3v) is 3.11. The number of β-lactam (4-membered cyclic amide) rings is 1. The summed E-state index contributed by atoms with van der Waals surface area (Å²) >= 11 is 0. The first kappa shape index (κ1) is 10.0. The summed E-state index contributed by atoms with van der Waals surface area (Å²) in [5.74, 6) is 1.16. The molecule has 1 saturated heterocycles. The molecule has 3 nitrogen and oxygen atoms in total. The van der Waals surface area contributed by atoms with Crippen LogP contribution < -0.4 is 9.64 Å². The third kappa shape index (κ3) is 1.48. The molecule has 0 N–H and O–H groups in total. The van der Waals surface area contributed by atoms with E-state index < -0.39 is 0 Å². The van der Waals surface area contributed by atoms with Gasteiger partial charge in [0.25, 0.3) is 0 Å². The van der Waals surface area contributed by atoms with E-state index >= 15 is 0 Å². The SMILES string of the molecule is COc1ccc(N2C(=O)[C@H](C)[C@H]2C)cc1. The molecule has 1 amide bonds. The first-order valence-corrected chi connectivity index (χ1v) is 5.12. The van der Waals surface area contributed by atoms with Crippen molar-refractivity contribution in [2.45, 2.75) is 19.9 Å². The molecule has 1 heterocycles. The number of amides is 1. The van der Waals surface area contributed by atoms with Gasteiger partial charge in [-0.3, -0.25) is 4.79 Å². The zero-order valence-electron chi connectivity index (χ0n) is 9.23. The molecule has 1 aromatic carbocycles. The van der Waals surface area contributed by atoms with Crippen LogP contribution in [0, 0.1) is 5.92 Å². The van der Waals surface area contributed by atoms with Gasteiger partial charge in [0.1, 0.15) is 5.75 Å². The Morgan fingerprint density at radius 2 is 1.80 bits per heavy atom. The van der Waals surface area contributed by atoms with Crippen molar-refractivity contribution < 1.29 is 9.53 Å². The number of ether oxygens (including phenoxy) is 1. The minimum atomic E-state index is 0.145. The van der Waals surface area contributed by atoms with Gasteiger partial charge in [-0.25, -0.2) is 0 Å². The zero-order valence-corrected chi connectivity index (χ0v) is 9.23. The van der Waals surface area contributed by atoms with Crippen LogP contribution in [0.2, 0.25) is 0 Å². The van der Waals surface area contributed by atoms with Gasteiger partial charge in [-0.05, 0) is 31.2 Å². The lowest BCUT2D eigenvalue weighted by Crippen LogP contribution is -2.58. The fourth-order valence-electron chi connectivity index (χ4n) is 1.87. The third-order valence-electron chi connectivity index (χ3n) is 3.11. The summed E-state index contributed by atoms with van der Waals surface area (Å²) in [6, 6.07) is 7.88. The number of methoxy groups -OCH3 is 1. The van der Waals surface area contributed by atoms with Crippen LogP contribution >= 0.6 is 0 Å². The number of anilines is 1. The number of benzene rings is 1. The lowest BCUT2D eigenvalue weighted by Gasteiger charge is -2.43. The maximum absolute atomic E-state index is 11.6. The Morgan fingerprint density at radius 3 is 2.27 bits per heavy atom. The van der Waals surface area contributed by atoms with E-state index in [4.69, 9.17) is 4.74 Å². The van der Waals surface area contributed by atoms with Crippen molar-refractivity contribution in [2.24, 2.45) is 5.92 Å². The Kier molecular flexibility index (Phi) is 2.39. The molecular weight excluding hydrogens is 190 g/mol. The predicted molar refractivity (Wildman–Crippen MR) is 59.1 cm³/mol. The molecule has 3 heteroatoms. The predicted octanol–water partition coefficient (Wildman–Crippen LogP) is 2.07. The summed E-state index contributed by atoms with van der Waals surface area (Å²) in [5.41, 5.74) is 0.950. The maximum atomic E-state index is 11.6. The van der Waals surface area contributed by atoms with Crippen molar-refractivity contribution in [1.29, 1.82) is 0 Å². The van der Waals surface area contributed by atoms with Crippen LogP contribution in [0.15, 0.2) is 24.3 Å². The first-order valence-electron chi connectivity index (χ1n) is 5.12. The second-order valence-electron chi connectivity index (χ2n) is 3.94. The molecule has 1 aliphatic rings. The van der Waals surface area contributed by atoms with E-state index in [-0.39, 0.29) is 11.8 Å². The molecule has 80 valence electrons. The first-order chi connectivity index (χ1) is 7.15. The van der Waals surface area contributed by atoms with Gasteiger partial charge < -0.3 is 9.64 Å². The number of rotatable bonds is 2. The fraction of sp³-hybridized carbons (Fsp3) is 0.417. The maximum Gasteiger partial charge on any atom is 0.232 e. The molecule has 0 aromatic heterocycles. The van der Waals surface area contributed by atoms with Crippen LogP contribution in [-0.2, 0) is 4.79 Å². The van der Waals surface area contributed by atoms with Gasteiger partial charge in [0.2, 0.25) is 5.91 Å². The minimum absolute atomic E-state index is 0.145. The van der Waals surface area contributed by atoms with Gasteiger partial charge in [-0.15, -0.1) is 0 Å². The van der Waals surface area contributed by atoms with E-state index in [0.29, 0.717) is 6.04 Å². The molecule has 1 fully saturated rings. The van der Waals surface area contributed by atoms with E-state index in [2.05, 4.69) is 6.92 Å². The van der Waals surface area contributed by atoms with Crippen molar-refractivity contribution in [3.8, 4) is 5.75 Å². The topological polar surface area (TPSA) is 29.5 Å². The molecule has 0 spiro atoms. The van der Waals surface area contributed by atoms with Crippen LogP contribution in [0.25, 0.3) is 0 Å². The van der Waals surface area contributed by atoms with Crippen LogP contribution in [-0.4, -0.2) is 19.1 Å². The molecule has 1 aliphatic heterocycles. The van der Waals surface area contributed by atoms with Crippen molar-refractivity contribution in [2.75, 3.05) is 12.0 Å².